The molecule has 1 aliphatic heterocycles. The first kappa shape index (κ1) is 16.6. The van der Waals surface area contributed by atoms with Gasteiger partial charge in [0.05, 0.1) is 19.6 Å². The molecule has 2 N–H and O–H groups in total. The van der Waals surface area contributed by atoms with E-state index in [0.29, 0.717) is 17.1 Å². The maximum atomic E-state index is 12.5. The Morgan fingerprint density at radius 1 is 1.36 bits per heavy atom. The van der Waals surface area contributed by atoms with Gasteiger partial charge in [0.15, 0.2) is 11.6 Å². The summed E-state index contributed by atoms with van der Waals surface area (Å²) in [7, 11) is 1.53. The summed E-state index contributed by atoms with van der Waals surface area (Å²) in [5.41, 5.74) is 0.721. The average molecular weight is 344 g/mol. The number of aliphatic hydroxyl groups excluding tert-OH is 1. The molecule has 2 heterocycles. The number of anilines is 1. The van der Waals surface area contributed by atoms with Crippen LogP contribution in [0.1, 0.15) is 23.8 Å². The van der Waals surface area contributed by atoms with E-state index in [0.717, 1.165) is 0 Å². The van der Waals surface area contributed by atoms with Gasteiger partial charge in [0.2, 0.25) is 0 Å². The summed E-state index contributed by atoms with van der Waals surface area (Å²) >= 11 is 0. The number of benzene rings is 1. The number of aliphatic hydroxyl groups is 1. The number of carboxylic acid groups (broad SMARTS) is 1. The monoisotopic (exact) mass is 344 g/mol. The molecule has 1 aromatic carbocycles. The van der Waals surface area contributed by atoms with Crippen LogP contribution in [0.25, 0.3) is 0 Å². The second-order valence-electron chi connectivity index (χ2n) is 5.59. The second kappa shape index (κ2) is 6.31. The fraction of sp³-hybridized carbons (Fsp3) is 0.235. The smallest absolute Gasteiger partial charge is 0.307 e. The molecule has 8 nitrogen and oxygen atoms in total. The van der Waals surface area contributed by atoms with Gasteiger partial charge in [-0.05, 0) is 24.6 Å². The molecule has 8 heteroatoms. The van der Waals surface area contributed by atoms with Crippen molar-refractivity contribution in [2.45, 2.75) is 19.4 Å². The molecule has 0 fully saturated rings. The predicted molar refractivity (Wildman–Crippen MR) is 86.4 cm³/mol. The van der Waals surface area contributed by atoms with Gasteiger partial charge in [-0.2, -0.15) is 0 Å². The summed E-state index contributed by atoms with van der Waals surface area (Å²) in [6.45, 7) is 1.67. The number of nitrogens with zero attached hydrogens (tertiary/aromatic N) is 2. The van der Waals surface area contributed by atoms with Crippen molar-refractivity contribution in [2.75, 3.05) is 12.0 Å². The summed E-state index contributed by atoms with van der Waals surface area (Å²) < 4.78 is 10.1. The molecule has 1 atom stereocenters. The number of methoxy groups -OCH3 is 1. The fourth-order valence-electron chi connectivity index (χ4n) is 2.84. The summed E-state index contributed by atoms with van der Waals surface area (Å²) in [5.74, 6) is -1.14. The lowest BCUT2D eigenvalue weighted by molar-refractivity contribution is -0.136. The first-order valence-corrected chi connectivity index (χ1v) is 7.47. The molecule has 25 heavy (non-hydrogen) atoms. The van der Waals surface area contributed by atoms with Crippen molar-refractivity contribution >= 4 is 17.7 Å². The summed E-state index contributed by atoms with van der Waals surface area (Å²) in [4.78, 5) is 25.0. The molecule has 1 aromatic heterocycles. The number of carbonyl (C=O) groups is 2. The third kappa shape index (κ3) is 2.93. The zero-order chi connectivity index (χ0) is 18.1. The van der Waals surface area contributed by atoms with Crippen LogP contribution in [0.3, 0.4) is 0 Å². The lowest BCUT2D eigenvalue weighted by Gasteiger charge is -2.24. The molecule has 1 unspecified atom stereocenters. The Morgan fingerprint density at radius 3 is 2.56 bits per heavy atom. The highest BCUT2D eigenvalue weighted by molar-refractivity contribution is 6.08. The summed E-state index contributed by atoms with van der Waals surface area (Å²) in [5, 5.41) is 23.2. The van der Waals surface area contributed by atoms with E-state index in [1.807, 2.05) is 0 Å². The first-order valence-electron chi connectivity index (χ1n) is 7.47. The van der Waals surface area contributed by atoms with Crippen LogP contribution in [-0.4, -0.2) is 34.4 Å². The van der Waals surface area contributed by atoms with Gasteiger partial charge in [-0.15, -0.1) is 0 Å². The van der Waals surface area contributed by atoms with E-state index in [9.17, 15) is 14.7 Å². The first-order chi connectivity index (χ1) is 11.9. The number of hydrogen-bond acceptors (Lipinski definition) is 6. The molecule has 3 rings (SSSR count). The van der Waals surface area contributed by atoms with Crippen LogP contribution in [-0.2, 0) is 9.59 Å². The van der Waals surface area contributed by atoms with E-state index in [1.165, 1.54) is 12.0 Å². The van der Waals surface area contributed by atoms with E-state index >= 15 is 0 Å². The lowest BCUT2D eigenvalue weighted by Crippen LogP contribution is -2.30. The van der Waals surface area contributed by atoms with Gasteiger partial charge in [0.1, 0.15) is 11.5 Å². The highest BCUT2D eigenvalue weighted by Crippen LogP contribution is 2.41. The molecule has 130 valence electrons. The Hall–Kier alpha value is -3.29. The molecule has 0 radical (unpaired) electrons. The SMILES string of the molecule is COc1ccc(C2C(CC(=O)O)=C(O)C(=O)N2c2cc(C)on2)cc1. The zero-order valence-electron chi connectivity index (χ0n) is 13.6. The standard InChI is InChI=1S/C17H16N2O6/c1-9-7-13(18-25-9)19-15(10-3-5-11(24-2)6-4-10)12(8-14(20)21)16(22)17(19)23/h3-7,15,22H,8H2,1-2H3,(H,20,21). The van der Waals surface area contributed by atoms with Gasteiger partial charge in [-0.25, -0.2) is 0 Å². The molecule has 1 aliphatic rings. The van der Waals surface area contributed by atoms with Gasteiger partial charge in [0.25, 0.3) is 5.91 Å². The number of carboxylic acids is 1. The quantitative estimate of drug-likeness (QED) is 0.856. The molecule has 0 spiro atoms. The number of hydrogen-bond donors (Lipinski definition) is 2. The normalized spacial score (nSPS) is 17.3. The van der Waals surface area contributed by atoms with Crippen molar-refractivity contribution in [3.63, 3.8) is 0 Å². The lowest BCUT2D eigenvalue weighted by atomic mass is 9.97. The van der Waals surface area contributed by atoms with E-state index in [1.54, 1.807) is 37.3 Å². The Morgan fingerprint density at radius 2 is 2.04 bits per heavy atom. The Bertz CT molecular complexity index is 852. The van der Waals surface area contributed by atoms with Crippen LogP contribution >= 0.6 is 0 Å². The number of carbonyl (C=O) groups excluding carboxylic acids is 1. The molecule has 2 aromatic rings. The van der Waals surface area contributed by atoms with Gasteiger partial charge in [-0.3, -0.25) is 14.5 Å². The van der Waals surface area contributed by atoms with E-state index in [4.69, 9.17) is 14.4 Å². The number of amides is 1. The molecule has 0 aliphatic carbocycles. The highest BCUT2D eigenvalue weighted by Gasteiger charge is 2.43. The Balaban J connectivity index is 2.10. The molecule has 0 saturated heterocycles. The van der Waals surface area contributed by atoms with E-state index < -0.39 is 30.1 Å². The number of aryl methyl sites for hydroxylation is 1. The molecule has 1 amide bonds. The number of aliphatic carboxylic acids is 1. The van der Waals surface area contributed by atoms with Crippen molar-refractivity contribution in [2.24, 2.45) is 0 Å². The largest absolute Gasteiger partial charge is 0.503 e. The Kier molecular flexibility index (Phi) is 4.18. The van der Waals surface area contributed by atoms with Crippen molar-refractivity contribution in [3.05, 3.63) is 53.0 Å². The fourth-order valence-corrected chi connectivity index (χ4v) is 2.84. The minimum absolute atomic E-state index is 0.100. The third-order valence-electron chi connectivity index (χ3n) is 3.95. The van der Waals surface area contributed by atoms with Crippen molar-refractivity contribution in [3.8, 4) is 5.75 Å². The minimum Gasteiger partial charge on any atom is -0.503 e. The van der Waals surface area contributed by atoms with Crippen LogP contribution in [0, 0.1) is 6.92 Å². The molecule has 0 bridgehead atoms. The highest BCUT2D eigenvalue weighted by atomic mass is 16.5. The maximum Gasteiger partial charge on any atom is 0.307 e. The van der Waals surface area contributed by atoms with Crippen LogP contribution in [0.2, 0.25) is 0 Å². The molecular formula is C17H16N2O6. The van der Waals surface area contributed by atoms with E-state index in [-0.39, 0.29) is 11.4 Å². The van der Waals surface area contributed by atoms with Crippen LogP contribution in [0.15, 0.2) is 46.2 Å². The van der Waals surface area contributed by atoms with Gasteiger partial charge >= 0.3 is 5.97 Å². The molecular weight excluding hydrogens is 328 g/mol. The Labute approximate surface area is 142 Å². The van der Waals surface area contributed by atoms with Crippen molar-refractivity contribution in [1.82, 2.24) is 5.16 Å². The topological polar surface area (TPSA) is 113 Å². The average Bonchev–Trinajstić information content (AvgIpc) is 3.11. The predicted octanol–water partition coefficient (Wildman–Crippen LogP) is 2.37. The minimum atomic E-state index is -1.15. The summed E-state index contributed by atoms with van der Waals surface area (Å²) in [6.07, 6.45) is -0.471. The number of ether oxygens (including phenoxy) is 1. The van der Waals surface area contributed by atoms with Crippen LogP contribution in [0.5, 0.6) is 5.75 Å². The van der Waals surface area contributed by atoms with E-state index in [2.05, 4.69) is 5.16 Å². The van der Waals surface area contributed by atoms with Crippen LogP contribution < -0.4 is 9.64 Å². The number of rotatable bonds is 5. The summed E-state index contributed by atoms with van der Waals surface area (Å²) in [6, 6.07) is 7.55. The van der Waals surface area contributed by atoms with Crippen molar-refractivity contribution in [1.29, 1.82) is 0 Å². The third-order valence-corrected chi connectivity index (χ3v) is 3.95. The van der Waals surface area contributed by atoms with Gasteiger partial charge in [0, 0.05) is 11.6 Å². The maximum absolute atomic E-state index is 12.5. The van der Waals surface area contributed by atoms with Crippen LogP contribution in [0.4, 0.5) is 5.82 Å². The van der Waals surface area contributed by atoms with Crippen molar-refractivity contribution < 1.29 is 29.1 Å². The zero-order valence-corrected chi connectivity index (χ0v) is 13.6. The van der Waals surface area contributed by atoms with Gasteiger partial charge in [-0.1, -0.05) is 17.3 Å². The second-order valence-corrected chi connectivity index (χ2v) is 5.59. The van der Waals surface area contributed by atoms with Gasteiger partial charge < -0.3 is 19.5 Å². The molecule has 0 saturated carbocycles. The number of aromatic nitrogens is 1.